The second-order valence-corrected chi connectivity index (χ2v) is 13.4. The summed E-state index contributed by atoms with van der Waals surface area (Å²) in [7, 11) is 0. The van der Waals surface area contributed by atoms with Crippen LogP contribution in [-0.2, 0) is 0 Å². The summed E-state index contributed by atoms with van der Waals surface area (Å²) in [6.45, 7) is 0. The Labute approximate surface area is 325 Å². The first kappa shape index (κ1) is 28.1. The maximum absolute atomic E-state index is 9.31. The minimum atomic E-state index is -0.331. The molecule has 0 aliphatic heterocycles. The van der Waals surface area contributed by atoms with Gasteiger partial charge in [-0.15, -0.1) is 0 Å². The molecule has 0 aliphatic carbocycles. The van der Waals surface area contributed by atoms with Gasteiger partial charge in [-0.1, -0.05) is 194 Å². The molecule has 258 valence electrons. The Bertz CT molecular complexity index is 3050. The van der Waals surface area contributed by atoms with E-state index in [1.165, 1.54) is 0 Å². The molecule has 0 unspecified atom stereocenters. The van der Waals surface area contributed by atoms with Crippen molar-refractivity contribution in [3.8, 4) is 73.2 Å². The molecule has 0 amide bonds. The molecule has 0 N–H and O–H groups in total. The van der Waals surface area contributed by atoms with Crippen LogP contribution in [0, 0.1) is 0 Å². The van der Waals surface area contributed by atoms with Gasteiger partial charge in [0.2, 0.25) is 5.95 Å². The number of hydrogen-bond acceptors (Lipinski definition) is 3. The average molecular weight is 707 g/mol. The standard InChI is InChI=1S/C51H34N4/c1-4-13-35(14-5-1)38-23-29-41(30-24-38)44-20-12-22-47-48(44)45-19-10-11-21-46(45)55(47)51-53-49(42-31-25-39(26-32-42)36-15-6-2-7-16-36)52-50(54-51)43-33-27-40(28-34-43)37-17-8-3-9-18-37/h1-34H/i10D,11D,19D,21D. The maximum atomic E-state index is 9.31. The van der Waals surface area contributed by atoms with Crippen LogP contribution in [0.25, 0.3) is 95.0 Å². The highest BCUT2D eigenvalue weighted by Crippen LogP contribution is 2.39. The van der Waals surface area contributed by atoms with Gasteiger partial charge >= 0.3 is 0 Å². The smallest absolute Gasteiger partial charge is 0.238 e. The second-order valence-electron chi connectivity index (χ2n) is 13.4. The average Bonchev–Trinajstić information content (AvgIpc) is 3.67. The monoisotopic (exact) mass is 706 g/mol. The Morgan fingerprint density at radius 1 is 0.345 bits per heavy atom. The van der Waals surface area contributed by atoms with Gasteiger partial charge in [0.15, 0.2) is 11.6 Å². The van der Waals surface area contributed by atoms with Crippen molar-refractivity contribution in [3.05, 3.63) is 206 Å². The summed E-state index contributed by atoms with van der Waals surface area (Å²) >= 11 is 0. The highest BCUT2D eigenvalue weighted by atomic mass is 15.2. The van der Waals surface area contributed by atoms with E-state index in [9.17, 15) is 2.74 Å². The molecular weight excluding hydrogens is 669 g/mol. The summed E-state index contributed by atoms with van der Waals surface area (Å²) < 4.78 is 37.9. The zero-order valence-corrected chi connectivity index (χ0v) is 29.6. The van der Waals surface area contributed by atoms with Crippen LogP contribution in [-0.4, -0.2) is 19.5 Å². The summed E-state index contributed by atoms with van der Waals surface area (Å²) in [5, 5.41) is 1.08. The fraction of sp³-hybridized carbons (Fsp3) is 0. The van der Waals surface area contributed by atoms with Crippen molar-refractivity contribution in [2.24, 2.45) is 0 Å². The van der Waals surface area contributed by atoms with Gasteiger partial charge < -0.3 is 0 Å². The lowest BCUT2D eigenvalue weighted by Crippen LogP contribution is -2.06. The number of para-hydroxylation sites is 1. The quantitative estimate of drug-likeness (QED) is 0.166. The molecular formula is C51H34N4. The lowest BCUT2D eigenvalue weighted by Gasteiger charge is -2.12. The molecule has 0 spiro atoms. The van der Waals surface area contributed by atoms with Crippen molar-refractivity contribution in [3.63, 3.8) is 0 Å². The van der Waals surface area contributed by atoms with E-state index in [0.29, 0.717) is 33.5 Å². The van der Waals surface area contributed by atoms with E-state index < -0.39 is 0 Å². The van der Waals surface area contributed by atoms with Crippen LogP contribution in [0.5, 0.6) is 0 Å². The minimum Gasteiger partial charge on any atom is -0.278 e. The number of aromatic nitrogens is 4. The van der Waals surface area contributed by atoms with E-state index in [-0.39, 0.29) is 30.1 Å². The highest BCUT2D eigenvalue weighted by Gasteiger charge is 2.20. The van der Waals surface area contributed by atoms with E-state index in [1.54, 1.807) is 4.57 Å². The molecule has 10 aromatic rings. The molecule has 0 saturated heterocycles. The SMILES string of the molecule is [2H]c1c([2H])c([2H])c2c(c1[2H])c1c(-c3ccc(-c4ccccc4)cc3)cccc1n2-c1nc(-c2ccc(-c3ccccc3)cc2)nc(-c2ccc(-c3ccccc3)cc2)n1. The Balaban J connectivity index is 1.20. The molecule has 4 nitrogen and oxygen atoms in total. The fourth-order valence-electron chi connectivity index (χ4n) is 7.29. The first-order chi connectivity index (χ1) is 28.9. The normalized spacial score (nSPS) is 12.3. The number of hydrogen-bond donors (Lipinski definition) is 0. The Kier molecular flexibility index (Phi) is 7.08. The summed E-state index contributed by atoms with van der Waals surface area (Å²) in [5.41, 5.74) is 10.7. The fourth-order valence-corrected chi connectivity index (χ4v) is 7.29. The lowest BCUT2D eigenvalue weighted by atomic mass is 9.97. The molecule has 10 rings (SSSR count). The van der Waals surface area contributed by atoms with Gasteiger partial charge in [-0.2, -0.15) is 9.97 Å². The molecule has 2 aromatic heterocycles. The van der Waals surface area contributed by atoms with Crippen molar-refractivity contribution in [2.45, 2.75) is 0 Å². The van der Waals surface area contributed by atoms with Crippen molar-refractivity contribution < 1.29 is 5.48 Å². The molecule has 0 bridgehead atoms. The van der Waals surface area contributed by atoms with Crippen LogP contribution < -0.4 is 0 Å². The Morgan fingerprint density at radius 3 is 1.25 bits per heavy atom. The lowest BCUT2D eigenvalue weighted by molar-refractivity contribution is 0.953. The molecule has 2 heterocycles. The van der Waals surface area contributed by atoms with E-state index >= 15 is 0 Å². The van der Waals surface area contributed by atoms with Gasteiger partial charge in [0.25, 0.3) is 0 Å². The van der Waals surface area contributed by atoms with Crippen LogP contribution in [0.3, 0.4) is 0 Å². The third-order valence-electron chi connectivity index (χ3n) is 10.1. The molecule has 0 aliphatic rings. The molecule has 0 radical (unpaired) electrons. The molecule has 0 saturated carbocycles. The summed E-state index contributed by atoms with van der Waals surface area (Å²) in [5.74, 6) is 1.10. The maximum Gasteiger partial charge on any atom is 0.238 e. The molecule has 4 heteroatoms. The summed E-state index contributed by atoms with van der Waals surface area (Å²) in [6, 6.07) is 59.9. The first-order valence-corrected chi connectivity index (χ1v) is 18.2. The second kappa shape index (κ2) is 13.8. The predicted molar refractivity (Wildman–Crippen MR) is 227 cm³/mol. The third-order valence-corrected chi connectivity index (χ3v) is 10.1. The van der Waals surface area contributed by atoms with Gasteiger partial charge in [-0.25, -0.2) is 4.98 Å². The number of rotatable bonds is 7. The Morgan fingerprint density at radius 2 is 0.764 bits per heavy atom. The first-order valence-electron chi connectivity index (χ1n) is 20.2. The zero-order valence-electron chi connectivity index (χ0n) is 33.6. The van der Waals surface area contributed by atoms with Gasteiger partial charge in [-0.3, -0.25) is 4.57 Å². The van der Waals surface area contributed by atoms with Crippen LogP contribution in [0.4, 0.5) is 0 Å². The van der Waals surface area contributed by atoms with Crippen molar-refractivity contribution in [1.82, 2.24) is 19.5 Å². The summed E-state index contributed by atoms with van der Waals surface area (Å²) in [6.07, 6.45) is 0. The van der Waals surface area contributed by atoms with Crippen molar-refractivity contribution in [1.29, 1.82) is 0 Å². The summed E-state index contributed by atoms with van der Waals surface area (Å²) in [4.78, 5) is 15.2. The van der Waals surface area contributed by atoms with Gasteiger partial charge in [-0.05, 0) is 56.6 Å². The predicted octanol–water partition coefficient (Wildman–Crippen LogP) is 13.0. The number of nitrogens with zero attached hydrogens (tertiary/aromatic N) is 4. The van der Waals surface area contributed by atoms with Gasteiger partial charge in [0, 0.05) is 21.9 Å². The van der Waals surface area contributed by atoms with Crippen LogP contribution >= 0.6 is 0 Å². The molecule has 55 heavy (non-hydrogen) atoms. The van der Waals surface area contributed by atoms with E-state index in [2.05, 4.69) is 84.9 Å². The van der Waals surface area contributed by atoms with Crippen LogP contribution in [0.1, 0.15) is 5.48 Å². The Hall–Kier alpha value is -7.43. The topological polar surface area (TPSA) is 43.6 Å². The highest BCUT2D eigenvalue weighted by molar-refractivity contribution is 6.15. The molecule has 8 aromatic carbocycles. The van der Waals surface area contributed by atoms with Gasteiger partial charge in [0.05, 0.1) is 16.5 Å². The third kappa shape index (κ3) is 6.06. The molecule has 0 fully saturated rings. The largest absolute Gasteiger partial charge is 0.278 e. The molecule has 0 atom stereocenters. The van der Waals surface area contributed by atoms with Crippen molar-refractivity contribution >= 4 is 21.8 Å². The number of fused-ring (bicyclic) bond motifs is 3. The van der Waals surface area contributed by atoms with Crippen LogP contribution in [0.2, 0.25) is 0 Å². The van der Waals surface area contributed by atoms with Gasteiger partial charge in [0.1, 0.15) is 0 Å². The zero-order chi connectivity index (χ0) is 40.0. The van der Waals surface area contributed by atoms with E-state index in [0.717, 1.165) is 55.6 Å². The van der Waals surface area contributed by atoms with Crippen molar-refractivity contribution in [2.75, 3.05) is 0 Å². The van der Waals surface area contributed by atoms with Crippen LogP contribution in [0.15, 0.2) is 206 Å². The van der Waals surface area contributed by atoms with E-state index in [1.807, 2.05) is 97.1 Å². The number of benzene rings is 8. The minimum absolute atomic E-state index is 0.124. The van der Waals surface area contributed by atoms with E-state index in [4.69, 9.17) is 17.7 Å².